The second-order valence-corrected chi connectivity index (χ2v) is 10.7. The van der Waals surface area contributed by atoms with Gasteiger partial charge in [-0.25, -0.2) is 0 Å². The summed E-state index contributed by atoms with van der Waals surface area (Å²) in [6.07, 6.45) is 11.6. The van der Waals surface area contributed by atoms with Gasteiger partial charge in [0.15, 0.2) is 0 Å². The predicted molar refractivity (Wildman–Crippen MR) is 146 cm³/mol. The van der Waals surface area contributed by atoms with Gasteiger partial charge in [-0.2, -0.15) is 0 Å². The normalized spacial score (nSPS) is 18.1. The van der Waals surface area contributed by atoms with Crippen LogP contribution in [0.2, 0.25) is 0 Å². The fourth-order valence-corrected chi connectivity index (χ4v) is 3.76. The van der Waals surface area contributed by atoms with Crippen molar-refractivity contribution < 1.29 is 19.1 Å². The molecule has 2 fully saturated rings. The predicted octanol–water partition coefficient (Wildman–Crippen LogP) is 9.53. The lowest BCUT2D eigenvalue weighted by molar-refractivity contribution is -0.171. The van der Waals surface area contributed by atoms with Crippen LogP contribution in [0.5, 0.6) is 0 Å². The van der Waals surface area contributed by atoms with Gasteiger partial charge in [0.1, 0.15) is 11.2 Å². The van der Waals surface area contributed by atoms with Crippen molar-refractivity contribution in [3.63, 3.8) is 0 Å². The number of hydrogen-bond acceptors (Lipinski definition) is 4. The van der Waals surface area contributed by atoms with E-state index in [4.69, 9.17) is 9.47 Å². The zero-order valence-electron chi connectivity index (χ0n) is 20.4. The molecule has 0 N–H and O–H groups in total. The Hall–Kier alpha value is -1.06. The molecule has 33 heavy (non-hydrogen) atoms. The summed E-state index contributed by atoms with van der Waals surface area (Å²) in [6, 6.07) is 0. The van der Waals surface area contributed by atoms with Crippen molar-refractivity contribution in [3.05, 3.63) is 0 Å². The minimum atomic E-state index is -0.329. The lowest BCUT2D eigenvalue weighted by Gasteiger charge is -2.32. The molecule has 0 aromatic carbocycles. The topological polar surface area (TPSA) is 52.6 Å². The molecule has 0 radical (unpaired) electrons. The summed E-state index contributed by atoms with van der Waals surface area (Å²) in [5.41, 5.74) is -0.969. The van der Waals surface area contributed by atoms with Gasteiger partial charge < -0.3 is 9.47 Å². The van der Waals surface area contributed by atoms with E-state index in [0.29, 0.717) is 0 Å². The summed E-state index contributed by atoms with van der Waals surface area (Å²) in [5.74, 6) is -0.0573. The van der Waals surface area contributed by atoms with Crippen LogP contribution >= 0.6 is 0 Å². The summed E-state index contributed by atoms with van der Waals surface area (Å²) in [7, 11) is 0. The number of carbonyl (C=O) groups is 2. The summed E-state index contributed by atoms with van der Waals surface area (Å²) in [5, 5.41) is 0. The van der Waals surface area contributed by atoms with Crippen LogP contribution in [0, 0.1) is 10.8 Å². The zero-order valence-corrected chi connectivity index (χ0v) is 20.4. The highest BCUT2D eigenvalue weighted by Gasteiger charge is 2.40. The number of hydrogen-bond donors (Lipinski definition) is 0. The standard InChI is InChI=1S/C13H24O2.C12H22O2.4CH4/c1-5-12(3,4)11(14)15-13(6-2)9-7-8-10-13;1-5-11(2,3)10(13)14-12(4)8-6-7-9-12;;;;/h5-10H2,1-4H3;5-9H2,1-4H3;4*1H4. The SMILES string of the molecule is C.C.C.C.CCC(C)(C)C(=O)OC1(C)CCCC1.CCC1(OC(=O)C(C)(C)CC)CCCC1. The summed E-state index contributed by atoms with van der Waals surface area (Å²) in [4.78, 5) is 23.8. The second kappa shape index (κ2) is 15.8. The number of esters is 2. The molecular weight excluding hydrogens is 412 g/mol. The first-order chi connectivity index (χ1) is 13.4. The molecule has 0 aromatic rings. The number of rotatable bonds is 7. The van der Waals surface area contributed by atoms with E-state index < -0.39 is 0 Å². The van der Waals surface area contributed by atoms with E-state index in [2.05, 4.69) is 13.8 Å². The summed E-state index contributed by atoms with van der Waals surface area (Å²) in [6.45, 7) is 16.1. The van der Waals surface area contributed by atoms with Gasteiger partial charge in [-0.05, 0) is 105 Å². The largest absolute Gasteiger partial charge is 0.459 e. The third kappa shape index (κ3) is 11.3. The first-order valence-corrected chi connectivity index (χ1v) is 11.8. The Balaban J connectivity index is -0.000000228. The van der Waals surface area contributed by atoms with Crippen molar-refractivity contribution in [2.75, 3.05) is 0 Å². The lowest BCUT2D eigenvalue weighted by atomic mass is 9.89. The molecule has 2 aliphatic rings. The van der Waals surface area contributed by atoms with Crippen LogP contribution in [0.25, 0.3) is 0 Å². The van der Waals surface area contributed by atoms with Crippen molar-refractivity contribution in [2.45, 2.75) is 167 Å². The van der Waals surface area contributed by atoms with E-state index >= 15 is 0 Å². The lowest BCUT2D eigenvalue weighted by Crippen LogP contribution is -2.37. The smallest absolute Gasteiger partial charge is 0.312 e. The molecule has 4 nitrogen and oxygen atoms in total. The molecule has 0 aromatic heterocycles. The van der Waals surface area contributed by atoms with Crippen molar-refractivity contribution in [1.29, 1.82) is 0 Å². The average molecular weight is 475 g/mol. The molecule has 0 bridgehead atoms. The van der Waals surface area contributed by atoms with Crippen LogP contribution in [-0.2, 0) is 19.1 Å². The molecule has 0 amide bonds. The van der Waals surface area contributed by atoms with Crippen LogP contribution in [0.15, 0.2) is 0 Å². The first-order valence-electron chi connectivity index (χ1n) is 11.8. The third-order valence-corrected chi connectivity index (χ3v) is 7.34. The second-order valence-electron chi connectivity index (χ2n) is 10.7. The Morgan fingerprint density at radius 2 is 1.00 bits per heavy atom. The fourth-order valence-electron chi connectivity index (χ4n) is 3.76. The van der Waals surface area contributed by atoms with Crippen molar-refractivity contribution in [1.82, 2.24) is 0 Å². The maximum atomic E-state index is 12.0. The van der Waals surface area contributed by atoms with Gasteiger partial charge in [-0.15, -0.1) is 0 Å². The Bertz CT molecular complexity index is 536. The van der Waals surface area contributed by atoms with Crippen LogP contribution in [0.1, 0.15) is 156 Å². The highest BCUT2D eigenvalue weighted by Crippen LogP contribution is 2.38. The molecule has 0 atom stereocenters. The van der Waals surface area contributed by atoms with Crippen LogP contribution < -0.4 is 0 Å². The average Bonchev–Trinajstić information content (AvgIpc) is 3.31. The van der Waals surface area contributed by atoms with E-state index in [1.807, 2.05) is 41.5 Å². The van der Waals surface area contributed by atoms with Crippen LogP contribution in [0.3, 0.4) is 0 Å². The van der Waals surface area contributed by atoms with Gasteiger partial charge in [-0.3, -0.25) is 9.59 Å². The molecule has 202 valence electrons. The first kappa shape index (κ1) is 39.2. The molecule has 0 spiro atoms. The van der Waals surface area contributed by atoms with E-state index in [9.17, 15) is 9.59 Å². The van der Waals surface area contributed by atoms with Crippen molar-refractivity contribution in [2.24, 2.45) is 10.8 Å². The Morgan fingerprint density at radius 1 is 0.667 bits per heavy atom. The Morgan fingerprint density at radius 3 is 1.33 bits per heavy atom. The van der Waals surface area contributed by atoms with Gasteiger partial charge in [-0.1, -0.05) is 50.5 Å². The van der Waals surface area contributed by atoms with Crippen LogP contribution in [-0.4, -0.2) is 23.1 Å². The van der Waals surface area contributed by atoms with E-state index in [1.54, 1.807) is 0 Å². The fraction of sp³-hybridized carbons (Fsp3) is 0.931. The maximum absolute atomic E-state index is 12.0. The van der Waals surface area contributed by atoms with Crippen LogP contribution in [0.4, 0.5) is 0 Å². The molecule has 4 heteroatoms. The summed E-state index contributed by atoms with van der Waals surface area (Å²) >= 11 is 0. The minimum absolute atomic E-state index is 0. The van der Waals surface area contributed by atoms with Crippen molar-refractivity contribution in [3.8, 4) is 0 Å². The minimum Gasteiger partial charge on any atom is -0.459 e. The monoisotopic (exact) mass is 474 g/mol. The summed E-state index contributed by atoms with van der Waals surface area (Å²) < 4.78 is 11.4. The molecule has 2 saturated carbocycles. The molecule has 0 aliphatic heterocycles. The van der Waals surface area contributed by atoms with Gasteiger partial charge >= 0.3 is 11.9 Å². The van der Waals surface area contributed by atoms with Crippen molar-refractivity contribution >= 4 is 11.9 Å². The van der Waals surface area contributed by atoms with E-state index in [-0.39, 0.29) is 63.7 Å². The number of ether oxygens (including phenoxy) is 2. The third-order valence-electron chi connectivity index (χ3n) is 7.34. The molecule has 2 aliphatic carbocycles. The van der Waals surface area contributed by atoms with E-state index in [0.717, 1.165) is 44.9 Å². The molecule has 0 heterocycles. The van der Waals surface area contributed by atoms with Gasteiger partial charge in [0.05, 0.1) is 10.8 Å². The molecule has 2 rings (SSSR count). The number of carbonyl (C=O) groups excluding carboxylic acids is 2. The van der Waals surface area contributed by atoms with Gasteiger partial charge in [0, 0.05) is 0 Å². The molecule has 0 saturated heterocycles. The Kier molecular flexibility index (Phi) is 18.7. The van der Waals surface area contributed by atoms with E-state index in [1.165, 1.54) is 25.7 Å². The Labute approximate surface area is 209 Å². The van der Waals surface area contributed by atoms with Gasteiger partial charge in [0.25, 0.3) is 0 Å². The quantitative estimate of drug-likeness (QED) is 0.345. The molecular formula is C29H62O4. The zero-order chi connectivity index (χ0) is 22.3. The highest BCUT2D eigenvalue weighted by molar-refractivity contribution is 5.76. The molecule has 0 unspecified atom stereocenters. The van der Waals surface area contributed by atoms with Gasteiger partial charge in [0.2, 0.25) is 0 Å². The maximum Gasteiger partial charge on any atom is 0.312 e. The highest BCUT2D eigenvalue weighted by atomic mass is 16.6.